The lowest BCUT2D eigenvalue weighted by molar-refractivity contribution is 0.102. The Morgan fingerprint density at radius 2 is 1.82 bits per heavy atom. The van der Waals surface area contributed by atoms with Gasteiger partial charge in [0.2, 0.25) is 0 Å². The van der Waals surface area contributed by atoms with Crippen molar-refractivity contribution < 1.29 is 18.7 Å². The van der Waals surface area contributed by atoms with E-state index in [2.05, 4.69) is 15.4 Å². The molecule has 0 spiro atoms. The van der Waals surface area contributed by atoms with Crippen LogP contribution in [0.15, 0.2) is 72.8 Å². The van der Waals surface area contributed by atoms with E-state index in [-0.39, 0.29) is 17.7 Å². The Morgan fingerprint density at radius 3 is 2.58 bits per heavy atom. The highest BCUT2D eigenvalue weighted by Crippen LogP contribution is 2.28. The van der Waals surface area contributed by atoms with E-state index in [1.54, 1.807) is 36.1 Å². The van der Waals surface area contributed by atoms with Gasteiger partial charge in [-0.2, -0.15) is 4.98 Å². The van der Waals surface area contributed by atoms with E-state index in [1.165, 1.54) is 18.2 Å². The van der Waals surface area contributed by atoms with E-state index in [9.17, 15) is 9.18 Å². The average molecular weight is 446 g/mol. The van der Waals surface area contributed by atoms with E-state index in [0.717, 1.165) is 5.56 Å². The highest BCUT2D eigenvalue weighted by Gasteiger charge is 2.17. The third-order valence-electron chi connectivity index (χ3n) is 4.72. The van der Waals surface area contributed by atoms with Crippen LogP contribution in [0, 0.1) is 5.82 Å². The predicted molar refractivity (Wildman–Crippen MR) is 123 cm³/mol. The van der Waals surface area contributed by atoms with Crippen LogP contribution in [0.3, 0.4) is 0 Å². The van der Waals surface area contributed by atoms with Crippen LogP contribution >= 0.6 is 0 Å². The Hall–Kier alpha value is -4.20. The largest absolute Gasteiger partial charge is 0.497 e. The maximum Gasteiger partial charge on any atom is 0.336 e. The lowest BCUT2D eigenvalue weighted by atomic mass is 10.2. The smallest absolute Gasteiger partial charge is 0.336 e. The molecular weight excluding hydrogens is 423 g/mol. The van der Waals surface area contributed by atoms with Gasteiger partial charge in [0.25, 0.3) is 5.91 Å². The molecular formula is C25H23FN4O3. The Kier molecular flexibility index (Phi) is 6.35. The van der Waals surface area contributed by atoms with Crippen LogP contribution < -0.4 is 14.8 Å². The SMILES string of the molecule is COc1cccc(-c2nc(OC(C)C)nn2-c2cccc(NC(=O)c3ccccc3F)c2)c1. The van der Waals surface area contributed by atoms with Crippen LogP contribution in [-0.2, 0) is 0 Å². The minimum absolute atomic E-state index is 0.0339. The lowest BCUT2D eigenvalue weighted by Gasteiger charge is -2.10. The Labute approximate surface area is 190 Å². The molecule has 8 heteroatoms. The molecule has 1 amide bonds. The van der Waals surface area contributed by atoms with Gasteiger partial charge in [-0.05, 0) is 56.3 Å². The van der Waals surface area contributed by atoms with Gasteiger partial charge in [-0.1, -0.05) is 30.3 Å². The highest BCUT2D eigenvalue weighted by atomic mass is 19.1. The van der Waals surface area contributed by atoms with Crippen LogP contribution in [0.2, 0.25) is 0 Å². The first-order valence-electron chi connectivity index (χ1n) is 10.4. The van der Waals surface area contributed by atoms with Crippen molar-refractivity contribution in [1.82, 2.24) is 14.8 Å². The summed E-state index contributed by atoms with van der Waals surface area (Å²) in [7, 11) is 1.60. The van der Waals surface area contributed by atoms with E-state index in [4.69, 9.17) is 9.47 Å². The van der Waals surface area contributed by atoms with E-state index < -0.39 is 11.7 Å². The normalized spacial score (nSPS) is 10.8. The molecule has 7 nitrogen and oxygen atoms in total. The fourth-order valence-corrected chi connectivity index (χ4v) is 3.24. The number of aromatic nitrogens is 3. The molecule has 1 heterocycles. The van der Waals surface area contributed by atoms with Crippen molar-refractivity contribution in [2.45, 2.75) is 20.0 Å². The molecule has 0 unspecified atom stereocenters. The number of methoxy groups -OCH3 is 1. The molecule has 33 heavy (non-hydrogen) atoms. The summed E-state index contributed by atoms with van der Waals surface area (Å²) in [6.07, 6.45) is -0.106. The topological polar surface area (TPSA) is 78.3 Å². The van der Waals surface area contributed by atoms with E-state index in [0.29, 0.717) is 22.9 Å². The van der Waals surface area contributed by atoms with Gasteiger partial charge < -0.3 is 14.8 Å². The van der Waals surface area contributed by atoms with Crippen molar-refractivity contribution in [3.8, 4) is 28.8 Å². The second-order valence-electron chi connectivity index (χ2n) is 7.51. The summed E-state index contributed by atoms with van der Waals surface area (Å²) in [5.41, 5.74) is 1.87. The molecule has 168 valence electrons. The third kappa shape index (κ3) is 5.01. The van der Waals surface area contributed by atoms with Gasteiger partial charge in [0, 0.05) is 11.3 Å². The quantitative estimate of drug-likeness (QED) is 0.426. The maximum absolute atomic E-state index is 14.0. The van der Waals surface area contributed by atoms with Gasteiger partial charge in [0.05, 0.1) is 24.5 Å². The monoisotopic (exact) mass is 446 g/mol. The van der Waals surface area contributed by atoms with Crippen molar-refractivity contribution in [3.63, 3.8) is 0 Å². The molecule has 0 aliphatic carbocycles. The summed E-state index contributed by atoms with van der Waals surface area (Å²) in [6.45, 7) is 3.79. The first kappa shape index (κ1) is 22.0. The standard InChI is InChI=1S/C25H23FN4O3/c1-16(2)33-25-28-23(17-8-6-11-20(14-17)32-3)30(29-25)19-10-7-9-18(15-19)27-24(31)21-12-4-5-13-22(21)26/h4-16H,1-3H3,(H,27,31). The Morgan fingerprint density at radius 1 is 1.03 bits per heavy atom. The summed E-state index contributed by atoms with van der Waals surface area (Å²) < 4.78 is 26.7. The second kappa shape index (κ2) is 9.52. The van der Waals surface area contributed by atoms with Crippen LogP contribution in [0.25, 0.3) is 17.1 Å². The van der Waals surface area contributed by atoms with E-state index >= 15 is 0 Å². The summed E-state index contributed by atoms with van der Waals surface area (Å²) in [5.74, 6) is 0.0975. The number of carbonyl (C=O) groups is 1. The molecule has 0 fully saturated rings. The van der Waals surface area contributed by atoms with Crippen molar-refractivity contribution in [3.05, 3.63) is 84.2 Å². The van der Waals surface area contributed by atoms with Crippen molar-refractivity contribution in [1.29, 1.82) is 0 Å². The fourth-order valence-electron chi connectivity index (χ4n) is 3.24. The molecule has 0 saturated carbocycles. The molecule has 1 aromatic heterocycles. The fraction of sp³-hybridized carbons (Fsp3) is 0.160. The first-order chi connectivity index (χ1) is 15.9. The van der Waals surface area contributed by atoms with E-state index in [1.807, 2.05) is 44.2 Å². The average Bonchev–Trinajstić information content (AvgIpc) is 3.22. The highest BCUT2D eigenvalue weighted by molar-refractivity contribution is 6.04. The Balaban J connectivity index is 1.71. The minimum Gasteiger partial charge on any atom is -0.497 e. The van der Waals surface area contributed by atoms with Gasteiger partial charge in [0.1, 0.15) is 11.6 Å². The van der Waals surface area contributed by atoms with Gasteiger partial charge in [-0.25, -0.2) is 9.07 Å². The number of amides is 1. The molecule has 4 rings (SSSR count). The number of carbonyl (C=O) groups excluding carboxylic acids is 1. The van der Waals surface area contributed by atoms with Crippen LogP contribution in [0.5, 0.6) is 11.8 Å². The molecule has 0 aliphatic rings. The van der Waals surface area contributed by atoms with Gasteiger partial charge in [0.15, 0.2) is 5.82 Å². The molecule has 0 bridgehead atoms. The Bertz CT molecular complexity index is 1290. The van der Waals surface area contributed by atoms with Crippen LogP contribution in [0.4, 0.5) is 10.1 Å². The van der Waals surface area contributed by atoms with Crippen molar-refractivity contribution in [2.75, 3.05) is 12.4 Å². The summed E-state index contributed by atoms with van der Waals surface area (Å²) >= 11 is 0. The van der Waals surface area contributed by atoms with Gasteiger partial charge in [-0.3, -0.25) is 4.79 Å². The number of ether oxygens (including phenoxy) is 2. The molecule has 1 N–H and O–H groups in total. The zero-order valence-corrected chi connectivity index (χ0v) is 18.4. The number of hydrogen-bond acceptors (Lipinski definition) is 5. The molecule has 0 atom stereocenters. The molecule has 3 aromatic carbocycles. The number of hydrogen-bond donors (Lipinski definition) is 1. The molecule has 0 radical (unpaired) electrons. The number of rotatable bonds is 7. The van der Waals surface area contributed by atoms with Crippen molar-refractivity contribution >= 4 is 11.6 Å². The van der Waals surface area contributed by atoms with Crippen molar-refractivity contribution in [2.24, 2.45) is 0 Å². The summed E-state index contributed by atoms with van der Waals surface area (Å²) in [6, 6.07) is 20.6. The number of nitrogens with zero attached hydrogens (tertiary/aromatic N) is 3. The predicted octanol–water partition coefficient (Wildman–Crippen LogP) is 5.12. The first-order valence-corrected chi connectivity index (χ1v) is 10.4. The second-order valence-corrected chi connectivity index (χ2v) is 7.51. The van der Waals surface area contributed by atoms with Crippen LogP contribution in [0.1, 0.15) is 24.2 Å². The molecule has 4 aromatic rings. The number of anilines is 1. The van der Waals surface area contributed by atoms with Crippen LogP contribution in [-0.4, -0.2) is 33.9 Å². The number of benzene rings is 3. The summed E-state index contributed by atoms with van der Waals surface area (Å²) in [5, 5.41) is 7.25. The third-order valence-corrected chi connectivity index (χ3v) is 4.72. The van der Waals surface area contributed by atoms with Gasteiger partial charge in [-0.15, -0.1) is 5.10 Å². The molecule has 0 saturated heterocycles. The summed E-state index contributed by atoms with van der Waals surface area (Å²) in [4.78, 5) is 17.1. The minimum atomic E-state index is -0.585. The number of nitrogens with one attached hydrogen (secondary N) is 1. The maximum atomic E-state index is 14.0. The lowest BCUT2D eigenvalue weighted by Crippen LogP contribution is -2.14. The zero-order chi connectivity index (χ0) is 23.4. The number of halogens is 1. The van der Waals surface area contributed by atoms with Gasteiger partial charge >= 0.3 is 6.01 Å². The molecule has 0 aliphatic heterocycles. The zero-order valence-electron chi connectivity index (χ0n) is 18.4.